The lowest BCUT2D eigenvalue weighted by molar-refractivity contribution is -0.137. The number of unbranched alkanes of at least 4 members (excludes halogenated alkanes) is 5. The van der Waals surface area contributed by atoms with Gasteiger partial charge >= 0.3 is 5.97 Å². The standard InChI is InChI=1S/C22H38N2O4/c1-2-3-4-9-14-23-16-21(25)24-15-18-17(19-12-13-20(18)28-19)10-7-5-6-8-11-22(26)27/h7,10,17-20,23H,2-6,8-9,11-16H2,1H3,(H,24,25)(H,26,27)/b10-7-/t17-,18+,19-,20+/m0/s1. The third kappa shape index (κ3) is 7.92. The van der Waals surface area contributed by atoms with Crippen LogP contribution >= 0.6 is 0 Å². The summed E-state index contributed by atoms with van der Waals surface area (Å²) < 4.78 is 6.08. The molecule has 0 unspecified atom stereocenters. The van der Waals surface area contributed by atoms with Gasteiger partial charge in [-0.05, 0) is 45.1 Å². The topological polar surface area (TPSA) is 87.7 Å². The van der Waals surface area contributed by atoms with Crippen molar-refractivity contribution in [3.8, 4) is 0 Å². The van der Waals surface area contributed by atoms with Crippen LogP contribution in [0.15, 0.2) is 12.2 Å². The van der Waals surface area contributed by atoms with Gasteiger partial charge < -0.3 is 20.5 Å². The van der Waals surface area contributed by atoms with E-state index >= 15 is 0 Å². The normalized spacial score (nSPS) is 26.2. The van der Waals surface area contributed by atoms with Gasteiger partial charge in [-0.15, -0.1) is 0 Å². The Hall–Kier alpha value is -1.40. The zero-order chi connectivity index (χ0) is 20.2. The van der Waals surface area contributed by atoms with Crippen molar-refractivity contribution in [2.45, 2.75) is 83.3 Å². The van der Waals surface area contributed by atoms with E-state index in [-0.39, 0.29) is 24.5 Å². The van der Waals surface area contributed by atoms with Gasteiger partial charge in [0.25, 0.3) is 0 Å². The number of amides is 1. The predicted molar refractivity (Wildman–Crippen MR) is 110 cm³/mol. The van der Waals surface area contributed by atoms with E-state index in [1.807, 2.05) is 0 Å². The first-order valence-corrected chi connectivity index (χ1v) is 11.1. The number of aliphatic carboxylic acids is 1. The molecule has 0 aromatic carbocycles. The minimum absolute atomic E-state index is 0.0645. The Bertz CT molecular complexity index is 509. The Morgan fingerprint density at radius 3 is 2.71 bits per heavy atom. The Labute approximate surface area is 169 Å². The number of hydrogen-bond acceptors (Lipinski definition) is 4. The molecule has 0 radical (unpaired) electrons. The number of carboxylic acid groups (broad SMARTS) is 1. The van der Waals surface area contributed by atoms with E-state index in [1.54, 1.807) is 0 Å². The Balaban J connectivity index is 1.65. The fourth-order valence-corrected chi connectivity index (χ4v) is 4.31. The van der Waals surface area contributed by atoms with Crippen LogP contribution in [0.5, 0.6) is 0 Å². The maximum absolute atomic E-state index is 12.1. The van der Waals surface area contributed by atoms with Crippen molar-refractivity contribution in [1.82, 2.24) is 10.6 Å². The molecule has 4 atom stereocenters. The number of fused-ring (bicyclic) bond motifs is 2. The van der Waals surface area contributed by atoms with E-state index in [9.17, 15) is 9.59 Å². The zero-order valence-corrected chi connectivity index (χ0v) is 17.3. The van der Waals surface area contributed by atoms with Gasteiger partial charge in [0, 0.05) is 24.8 Å². The molecule has 2 saturated heterocycles. The molecule has 1 amide bonds. The highest BCUT2D eigenvalue weighted by Gasteiger charge is 2.47. The Morgan fingerprint density at radius 2 is 1.93 bits per heavy atom. The second-order valence-electron chi connectivity index (χ2n) is 8.14. The summed E-state index contributed by atoms with van der Waals surface area (Å²) in [5, 5.41) is 15.0. The first-order chi connectivity index (χ1) is 13.6. The van der Waals surface area contributed by atoms with E-state index < -0.39 is 5.97 Å². The van der Waals surface area contributed by atoms with Gasteiger partial charge in [-0.2, -0.15) is 0 Å². The Kier molecular flexibility index (Phi) is 10.6. The van der Waals surface area contributed by atoms with Crippen LogP contribution in [0.2, 0.25) is 0 Å². The average molecular weight is 395 g/mol. The van der Waals surface area contributed by atoms with E-state index in [2.05, 4.69) is 29.7 Å². The van der Waals surface area contributed by atoms with Crippen molar-refractivity contribution in [3.05, 3.63) is 12.2 Å². The summed E-state index contributed by atoms with van der Waals surface area (Å²) in [5.41, 5.74) is 0. The number of ether oxygens (including phenoxy) is 1. The van der Waals surface area contributed by atoms with Gasteiger partial charge in [0.2, 0.25) is 5.91 Å². The summed E-state index contributed by atoms with van der Waals surface area (Å²) in [6, 6.07) is 0. The molecule has 28 heavy (non-hydrogen) atoms. The molecular weight excluding hydrogens is 356 g/mol. The van der Waals surface area contributed by atoms with E-state index in [0.29, 0.717) is 24.9 Å². The van der Waals surface area contributed by atoms with Gasteiger partial charge in [0.05, 0.1) is 18.8 Å². The van der Waals surface area contributed by atoms with Gasteiger partial charge in [-0.1, -0.05) is 38.3 Å². The SMILES string of the molecule is CCCCCCNCC(=O)NC[C@@H]1[C@H](/C=C\CCCCC(=O)O)[C@@H]2CC[C@H]1O2. The third-order valence-electron chi connectivity index (χ3n) is 5.88. The van der Waals surface area contributed by atoms with Crippen LogP contribution in [0.3, 0.4) is 0 Å². The second kappa shape index (κ2) is 12.9. The van der Waals surface area contributed by atoms with E-state index in [4.69, 9.17) is 9.84 Å². The fourth-order valence-electron chi connectivity index (χ4n) is 4.31. The van der Waals surface area contributed by atoms with Crippen LogP contribution in [0.4, 0.5) is 0 Å². The summed E-state index contributed by atoms with van der Waals surface area (Å²) >= 11 is 0. The van der Waals surface area contributed by atoms with Crippen LogP contribution in [0, 0.1) is 11.8 Å². The van der Waals surface area contributed by atoms with Crippen LogP contribution in [0.25, 0.3) is 0 Å². The number of nitrogens with one attached hydrogen (secondary N) is 2. The van der Waals surface area contributed by atoms with Gasteiger partial charge in [-0.3, -0.25) is 9.59 Å². The highest BCUT2D eigenvalue weighted by molar-refractivity contribution is 5.77. The van der Waals surface area contributed by atoms with Gasteiger partial charge in [0.1, 0.15) is 0 Å². The molecule has 2 rings (SSSR count). The molecule has 6 heteroatoms. The second-order valence-corrected chi connectivity index (χ2v) is 8.14. The molecule has 0 saturated carbocycles. The number of allylic oxidation sites excluding steroid dienone is 1. The summed E-state index contributed by atoms with van der Waals surface area (Å²) in [6.07, 6.45) is 14.7. The van der Waals surface area contributed by atoms with Crippen LogP contribution in [-0.2, 0) is 14.3 Å². The molecule has 0 aliphatic carbocycles. The molecule has 2 heterocycles. The summed E-state index contributed by atoms with van der Waals surface area (Å²) in [4.78, 5) is 22.7. The van der Waals surface area contributed by atoms with Crippen LogP contribution < -0.4 is 10.6 Å². The van der Waals surface area contributed by atoms with Crippen molar-refractivity contribution in [2.24, 2.45) is 11.8 Å². The molecule has 6 nitrogen and oxygen atoms in total. The molecule has 2 bridgehead atoms. The van der Waals surface area contributed by atoms with Crippen molar-refractivity contribution >= 4 is 11.9 Å². The van der Waals surface area contributed by atoms with Crippen molar-refractivity contribution in [2.75, 3.05) is 19.6 Å². The number of carbonyl (C=O) groups is 2. The monoisotopic (exact) mass is 394 g/mol. The lowest BCUT2D eigenvalue weighted by Crippen LogP contribution is -2.41. The molecule has 2 fully saturated rings. The zero-order valence-electron chi connectivity index (χ0n) is 17.3. The molecule has 0 spiro atoms. The van der Waals surface area contributed by atoms with Gasteiger partial charge in [0.15, 0.2) is 0 Å². The predicted octanol–water partition coefficient (Wildman–Crippen LogP) is 3.27. The van der Waals surface area contributed by atoms with E-state index in [0.717, 1.165) is 45.1 Å². The fraction of sp³-hybridized carbons (Fsp3) is 0.818. The largest absolute Gasteiger partial charge is 0.481 e. The lowest BCUT2D eigenvalue weighted by Gasteiger charge is -2.26. The maximum Gasteiger partial charge on any atom is 0.303 e. The van der Waals surface area contributed by atoms with Crippen LogP contribution in [-0.4, -0.2) is 48.8 Å². The molecule has 160 valence electrons. The van der Waals surface area contributed by atoms with Crippen molar-refractivity contribution in [3.63, 3.8) is 0 Å². The number of carboxylic acids is 1. The first kappa shape index (κ1) is 22.9. The summed E-state index contributed by atoms with van der Waals surface area (Å²) in [6.45, 7) is 4.16. The minimum atomic E-state index is -0.725. The molecule has 0 aromatic heterocycles. The minimum Gasteiger partial charge on any atom is -0.481 e. The van der Waals surface area contributed by atoms with E-state index in [1.165, 1.54) is 19.3 Å². The maximum atomic E-state index is 12.1. The average Bonchev–Trinajstić information content (AvgIpc) is 3.27. The summed E-state index contributed by atoms with van der Waals surface area (Å²) in [7, 11) is 0. The van der Waals surface area contributed by atoms with Crippen molar-refractivity contribution in [1.29, 1.82) is 0 Å². The molecule has 0 aromatic rings. The first-order valence-electron chi connectivity index (χ1n) is 11.1. The Morgan fingerprint density at radius 1 is 1.11 bits per heavy atom. The molecular formula is C22H38N2O4. The molecule has 3 N–H and O–H groups in total. The quantitative estimate of drug-likeness (QED) is 0.293. The third-order valence-corrected chi connectivity index (χ3v) is 5.88. The number of carbonyl (C=O) groups excluding carboxylic acids is 1. The highest BCUT2D eigenvalue weighted by Crippen LogP contribution is 2.43. The highest BCUT2D eigenvalue weighted by atomic mass is 16.5. The molecule has 2 aliphatic rings. The molecule has 2 aliphatic heterocycles. The number of hydrogen-bond donors (Lipinski definition) is 3. The lowest BCUT2D eigenvalue weighted by atomic mass is 9.79. The number of rotatable bonds is 15. The smallest absolute Gasteiger partial charge is 0.303 e. The van der Waals surface area contributed by atoms with Crippen molar-refractivity contribution < 1.29 is 19.4 Å². The van der Waals surface area contributed by atoms with Gasteiger partial charge in [-0.25, -0.2) is 0 Å². The van der Waals surface area contributed by atoms with Crippen LogP contribution in [0.1, 0.15) is 71.1 Å². The summed E-state index contributed by atoms with van der Waals surface area (Å²) in [5.74, 6) is 0.0504.